The van der Waals surface area contributed by atoms with Crippen LogP contribution in [0.1, 0.15) is 30.5 Å². The SMILES string of the molecule is CC(C)Cc1ccc(-c2ccc(CN)c(C(F)(F)F)c2)cc1. The fraction of sp³-hybridized carbons (Fsp3) is 0.333. The van der Waals surface area contributed by atoms with Gasteiger partial charge in [-0.25, -0.2) is 0 Å². The largest absolute Gasteiger partial charge is 0.416 e. The summed E-state index contributed by atoms with van der Waals surface area (Å²) < 4.78 is 39.2. The molecule has 0 unspecified atom stereocenters. The molecule has 22 heavy (non-hydrogen) atoms. The summed E-state index contributed by atoms with van der Waals surface area (Å²) in [5.74, 6) is 0.548. The highest BCUT2D eigenvalue weighted by atomic mass is 19.4. The molecule has 2 rings (SSSR count). The van der Waals surface area contributed by atoms with E-state index in [2.05, 4.69) is 13.8 Å². The van der Waals surface area contributed by atoms with Crippen molar-refractivity contribution in [3.8, 4) is 11.1 Å². The highest BCUT2D eigenvalue weighted by Crippen LogP contribution is 2.35. The van der Waals surface area contributed by atoms with Gasteiger partial charge in [0.05, 0.1) is 5.56 Å². The summed E-state index contributed by atoms with van der Waals surface area (Å²) in [5, 5.41) is 0. The lowest BCUT2D eigenvalue weighted by Gasteiger charge is -2.14. The standard InChI is InChI=1S/C18H20F3N/c1-12(2)9-13-3-5-14(6-4-13)15-7-8-16(11-22)17(10-15)18(19,20)21/h3-8,10,12H,9,11,22H2,1-2H3. The third-order valence-electron chi connectivity index (χ3n) is 3.57. The second kappa shape index (κ2) is 6.53. The summed E-state index contributed by atoms with van der Waals surface area (Å²) in [4.78, 5) is 0. The molecule has 0 heterocycles. The minimum absolute atomic E-state index is 0.118. The first kappa shape index (κ1) is 16.6. The van der Waals surface area contributed by atoms with Gasteiger partial charge >= 0.3 is 6.18 Å². The number of hydrogen-bond donors (Lipinski definition) is 1. The summed E-state index contributed by atoms with van der Waals surface area (Å²) in [7, 11) is 0. The van der Waals surface area contributed by atoms with Crippen molar-refractivity contribution in [2.24, 2.45) is 11.7 Å². The molecule has 0 amide bonds. The van der Waals surface area contributed by atoms with Gasteiger partial charge in [0.1, 0.15) is 0 Å². The van der Waals surface area contributed by atoms with E-state index in [1.165, 1.54) is 17.7 Å². The first-order valence-electron chi connectivity index (χ1n) is 7.30. The predicted octanol–water partition coefficient (Wildman–Crippen LogP) is 5.03. The minimum atomic E-state index is -4.39. The topological polar surface area (TPSA) is 26.0 Å². The van der Waals surface area contributed by atoms with Crippen molar-refractivity contribution in [1.82, 2.24) is 0 Å². The molecule has 0 radical (unpaired) electrons. The normalized spacial score (nSPS) is 12.0. The van der Waals surface area contributed by atoms with Crippen molar-refractivity contribution in [1.29, 1.82) is 0 Å². The fourth-order valence-corrected chi connectivity index (χ4v) is 2.50. The molecule has 0 aliphatic carbocycles. The smallest absolute Gasteiger partial charge is 0.326 e. The second-order valence-electron chi connectivity index (χ2n) is 5.87. The van der Waals surface area contributed by atoms with E-state index in [-0.39, 0.29) is 12.1 Å². The average molecular weight is 307 g/mol. The van der Waals surface area contributed by atoms with E-state index in [0.29, 0.717) is 11.5 Å². The van der Waals surface area contributed by atoms with Crippen molar-refractivity contribution in [3.63, 3.8) is 0 Å². The van der Waals surface area contributed by atoms with Crippen LogP contribution in [-0.2, 0) is 19.1 Å². The van der Waals surface area contributed by atoms with Gasteiger partial charge in [-0.2, -0.15) is 13.2 Å². The lowest BCUT2D eigenvalue weighted by Crippen LogP contribution is -2.12. The van der Waals surface area contributed by atoms with E-state index in [9.17, 15) is 13.2 Å². The molecular formula is C18H20F3N. The predicted molar refractivity (Wildman–Crippen MR) is 83.3 cm³/mol. The van der Waals surface area contributed by atoms with Gasteiger partial charge in [0.25, 0.3) is 0 Å². The van der Waals surface area contributed by atoms with Crippen LogP contribution in [0.25, 0.3) is 11.1 Å². The zero-order valence-corrected chi connectivity index (χ0v) is 12.7. The lowest BCUT2D eigenvalue weighted by molar-refractivity contribution is -0.138. The maximum absolute atomic E-state index is 13.1. The van der Waals surface area contributed by atoms with Gasteiger partial charge in [0.15, 0.2) is 0 Å². The third-order valence-corrected chi connectivity index (χ3v) is 3.57. The Bertz CT molecular complexity index is 628. The summed E-state index contributed by atoms with van der Waals surface area (Å²) >= 11 is 0. The molecule has 0 spiro atoms. The molecule has 0 atom stereocenters. The van der Waals surface area contributed by atoms with Crippen LogP contribution in [0.3, 0.4) is 0 Å². The van der Waals surface area contributed by atoms with Crippen molar-refractivity contribution in [2.45, 2.75) is 33.0 Å². The number of hydrogen-bond acceptors (Lipinski definition) is 1. The molecule has 0 saturated heterocycles. The number of benzene rings is 2. The Hall–Kier alpha value is -1.81. The van der Waals surface area contributed by atoms with Gasteiger partial charge in [0, 0.05) is 6.54 Å². The molecule has 0 aliphatic rings. The molecule has 1 nitrogen and oxygen atoms in total. The van der Waals surface area contributed by atoms with Crippen LogP contribution in [0.5, 0.6) is 0 Å². The van der Waals surface area contributed by atoms with Gasteiger partial charge in [-0.05, 0) is 40.7 Å². The molecule has 2 aromatic carbocycles. The van der Waals surface area contributed by atoms with Crippen molar-refractivity contribution >= 4 is 0 Å². The first-order chi connectivity index (χ1) is 10.3. The number of halogens is 3. The van der Waals surface area contributed by atoms with Crippen LogP contribution in [0.2, 0.25) is 0 Å². The van der Waals surface area contributed by atoms with Crippen molar-refractivity contribution < 1.29 is 13.2 Å². The third kappa shape index (κ3) is 3.89. The van der Waals surface area contributed by atoms with Crippen LogP contribution >= 0.6 is 0 Å². The lowest BCUT2D eigenvalue weighted by atomic mass is 9.96. The Morgan fingerprint density at radius 1 is 0.955 bits per heavy atom. The van der Waals surface area contributed by atoms with Crippen LogP contribution in [0, 0.1) is 5.92 Å². The molecule has 0 aromatic heterocycles. The summed E-state index contributed by atoms with van der Waals surface area (Å²) in [6.45, 7) is 4.15. The van der Waals surface area contributed by atoms with Crippen LogP contribution in [-0.4, -0.2) is 0 Å². The Morgan fingerprint density at radius 3 is 2.05 bits per heavy atom. The zero-order chi connectivity index (χ0) is 16.3. The number of alkyl halides is 3. The maximum atomic E-state index is 13.1. The molecule has 118 valence electrons. The van der Waals surface area contributed by atoms with Gasteiger partial charge in [-0.3, -0.25) is 0 Å². The minimum Gasteiger partial charge on any atom is -0.326 e. The average Bonchev–Trinajstić information content (AvgIpc) is 2.46. The fourth-order valence-electron chi connectivity index (χ4n) is 2.50. The van der Waals surface area contributed by atoms with Gasteiger partial charge in [-0.1, -0.05) is 50.2 Å². The Balaban J connectivity index is 2.37. The van der Waals surface area contributed by atoms with E-state index in [1.807, 2.05) is 24.3 Å². The number of nitrogens with two attached hydrogens (primary N) is 1. The van der Waals surface area contributed by atoms with Crippen molar-refractivity contribution in [3.05, 3.63) is 59.2 Å². The van der Waals surface area contributed by atoms with E-state index in [4.69, 9.17) is 5.73 Å². The van der Waals surface area contributed by atoms with Crippen LogP contribution in [0.15, 0.2) is 42.5 Å². The van der Waals surface area contributed by atoms with E-state index in [1.54, 1.807) is 6.07 Å². The Kier molecular flexibility index (Phi) is 4.91. The maximum Gasteiger partial charge on any atom is 0.416 e. The zero-order valence-electron chi connectivity index (χ0n) is 12.7. The molecule has 0 aliphatic heterocycles. The van der Waals surface area contributed by atoms with E-state index >= 15 is 0 Å². The highest BCUT2D eigenvalue weighted by molar-refractivity contribution is 5.65. The molecule has 4 heteroatoms. The van der Waals surface area contributed by atoms with E-state index < -0.39 is 11.7 Å². The molecule has 2 aromatic rings. The van der Waals surface area contributed by atoms with Crippen LogP contribution < -0.4 is 5.73 Å². The second-order valence-corrected chi connectivity index (χ2v) is 5.87. The van der Waals surface area contributed by atoms with Gasteiger partial charge in [0.2, 0.25) is 0 Å². The Labute approximate surface area is 129 Å². The summed E-state index contributed by atoms with van der Waals surface area (Å²) in [6.07, 6.45) is -3.43. The molecular weight excluding hydrogens is 287 g/mol. The molecule has 0 bridgehead atoms. The molecule has 0 saturated carbocycles. The monoisotopic (exact) mass is 307 g/mol. The van der Waals surface area contributed by atoms with Gasteiger partial charge in [-0.15, -0.1) is 0 Å². The molecule has 0 fully saturated rings. The highest BCUT2D eigenvalue weighted by Gasteiger charge is 2.33. The summed E-state index contributed by atoms with van der Waals surface area (Å²) in [5.41, 5.74) is 7.39. The number of rotatable bonds is 4. The summed E-state index contributed by atoms with van der Waals surface area (Å²) in [6, 6.07) is 12.0. The van der Waals surface area contributed by atoms with E-state index in [0.717, 1.165) is 12.0 Å². The molecule has 2 N–H and O–H groups in total. The quantitative estimate of drug-likeness (QED) is 0.842. The van der Waals surface area contributed by atoms with Crippen molar-refractivity contribution in [2.75, 3.05) is 0 Å². The van der Waals surface area contributed by atoms with Gasteiger partial charge < -0.3 is 5.73 Å². The van der Waals surface area contributed by atoms with Crippen LogP contribution in [0.4, 0.5) is 13.2 Å². The first-order valence-corrected chi connectivity index (χ1v) is 7.30. The Morgan fingerprint density at radius 2 is 1.55 bits per heavy atom.